The number of anilines is 2. The number of benzene rings is 1. The molecule has 0 radical (unpaired) electrons. The van der Waals surface area contributed by atoms with Gasteiger partial charge in [-0.3, -0.25) is 9.48 Å². The molecular formula is C18H20N6O2. The van der Waals surface area contributed by atoms with Gasteiger partial charge in [-0.2, -0.15) is 5.10 Å². The number of aromatic nitrogens is 3. The monoisotopic (exact) mass is 352 g/mol. The van der Waals surface area contributed by atoms with Gasteiger partial charge in [-0.05, 0) is 5.56 Å². The lowest BCUT2D eigenvalue weighted by Gasteiger charge is -2.25. The van der Waals surface area contributed by atoms with Gasteiger partial charge < -0.3 is 20.1 Å². The molecular weight excluding hydrogens is 332 g/mol. The van der Waals surface area contributed by atoms with Crippen LogP contribution in [0.1, 0.15) is 16.1 Å². The van der Waals surface area contributed by atoms with E-state index in [1.165, 1.54) is 0 Å². The quantitative estimate of drug-likeness (QED) is 0.725. The maximum absolute atomic E-state index is 12.4. The molecule has 4 rings (SSSR count). The van der Waals surface area contributed by atoms with E-state index in [9.17, 15) is 4.79 Å². The van der Waals surface area contributed by atoms with Crippen molar-refractivity contribution in [3.05, 3.63) is 60.0 Å². The zero-order valence-corrected chi connectivity index (χ0v) is 14.3. The van der Waals surface area contributed by atoms with Gasteiger partial charge >= 0.3 is 0 Å². The van der Waals surface area contributed by atoms with Crippen LogP contribution in [0.2, 0.25) is 0 Å². The lowest BCUT2D eigenvalue weighted by Crippen LogP contribution is -2.43. The second-order valence-electron chi connectivity index (χ2n) is 6.15. The second-order valence-corrected chi connectivity index (χ2v) is 6.15. The summed E-state index contributed by atoms with van der Waals surface area (Å²) in [5.74, 6) is 0.311. The second kappa shape index (κ2) is 7.40. The summed E-state index contributed by atoms with van der Waals surface area (Å²) in [4.78, 5) is 14.4. The molecule has 0 unspecified atom stereocenters. The van der Waals surface area contributed by atoms with E-state index >= 15 is 0 Å². The van der Waals surface area contributed by atoms with E-state index in [1.807, 2.05) is 30.3 Å². The molecule has 1 aromatic carbocycles. The highest BCUT2D eigenvalue weighted by atomic mass is 16.5. The van der Waals surface area contributed by atoms with Crippen LogP contribution in [-0.2, 0) is 6.54 Å². The Morgan fingerprint density at radius 3 is 2.85 bits per heavy atom. The van der Waals surface area contributed by atoms with E-state index in [0.717, 1.165) is 31.7 Å². The molecule has 2 N–H and O–H groups in total. The molecule has 2 aromatic heterocycles. The van der Waals surface area contributed by atoms with Gasteiger partial charge in [0.2, 0.25) is 5.88 Å². The van der Waals surface area contributed by atoms with E-state index in [4.69, 9.17) is 4.52 Å². The minimum Gasteiger partial charge on any atom is -0.338 e. The molecule has 1 aliphatic rings. The molecule has 1 aliphatic heterocycles. The maximum atomic E-state index is 12.4. The Labute approximate surface area is 150 Å². The summed E-state index contributed by atoms with van der Waals surface area (Å²) in [6.45, 7) is 4.10. The third kappa shape index (κ3) is 3.75. The molecule has 26 heavy (non-hydrogen) atoms. The van der Waals surface area contributed by atoms with Crippen LogP contribution in [-0.4, -0.2) is 47.0 Å². The summed E-state index contributed by atoms with van der Waals surface area (Å²) < 4.78 is 7.09. The van der Waals surface area contributed by atoms with Gasteiger partial charge in [0.05, 0.1) is 18.4 Å². The standard InChI is InChI=1S/C18H20N6O2/c25-18(16-10-17(26-22-16)23-8-6-19-7-9-23)21-15-11-20-24(13-15)12-14-4-2-1-3-5-14/h1-5,10-11,13,19H,6-9,12H2,(H,21,25). The van der Waals surface area contributed by atoms with E-state index < -0.39 is 0 Å². The topological polar surface area (TPSA) is 88.2 Å². The molecule has 1 amide bonds. The number of carbonyl (C=O) groups excluding carboxylic acids is 1. The Morgan fingerprint density at radius 1 is 1.23 bits per heavy atom. The molecule has 3 aromatic rings. The van der Waals surface area contributed by atoms with Crippen LogP contribution in [0.25, 0.3) is 0 Å². The number of hydrogen-bond donors (Lipinski definition) is 2. The Morgan fingerprint density at radius 2 is 2.04 bits per heavy atom. The van der Waals surface area contributed by atoms with E-state index in [1.54, 1.807) is 23.1 Å². The summed E-state index contributed by atoms with van der Waals surface area (Å²) in [6, 6.07) is 11.7. The van der Waals surface area contributed by atoms with E-state index in [2.05, 4.69) is 25.8 Å². The fraction of sp³-hybridized carbons (Fsp3) is 0.278. The maximum Gasteiger partial charge on any atom is 0.278 e. The average Bonchev–Trinajstić information content (AvgIpc) is 3.33. The Balaban J connectivity index is 1.38. The predicted octanol–water partition coefficient (Wildman–Crippen LogP) is 1.58. The van der Waals surface area contributed by atoms with E-state index in [0.29, 0.717) is 18.1 Å². The van der Waals surface area contributed by atoms with Crippen molar-refractivity contribution in [2.75, 3.05) is 36.4 Å². The smallest absolute Gasteiger partial charge is 0.278 e. The number of rotatable bonds is 5. The number of carbonyl (C=O) groups is 1. The number of hydrogen-bond acceptors (Lipinski definition) is 6. The zero-order chi connectivity index (χ0) is 17.8. The normalized spacial score (nSPS) is 14.4. The van der Waals surface area contributed by atoms with Gasteiger partial charge in [0, 0.05) is 38.4 Å². The third-order valence-corrected chi connectivity index (χ3v) is 4.24. The van der Waals surface area contributed by atoms with Crippen molar-refractivity contribution in [2.24, 2.45) is 0 Å². The summed E-state index contributed by atoms with van der Waals surface area (Å²) in [6.07, 6.45) is 3.42. The molecule has 1 fully saturated rings. The van der Waals surface area contributed by atoms with Crippen LogP contribution in [0, 0.1) is 0 Å². The first-order valence-corrected chi connectivity index (χ1v) is 8.58. The van der Waals surface area contributed by atoms with Gasteiger partial charge in [0.1, 0.15) is 0 Å². The first kappa shape index (κ1) is 16.3. The van der Waals surface area contributed by atoms with Gasteiger partial charge in [-0.25, -0.2) is 0 Å². The van der Waals surface area contributed by atoms with Crippen LogP contribution in [0.4, 0.5) is 11.6 Å². The summed E-state index contributed by atoms with van der Waals surface area (Å²) in [7, 11) is 0. The number of nitrogens with zero attached hydrogens (tertiary/aromatic N) is 4. The Bertz CT molecular complexity index is 867. The molecule has 0 aliphatic carbocycles. The molecule has 0 spiro atoms. The summed E-state index contributed by atoms with van der Waals surface area (Å²) >= 11 is 0. The van der Waals surface area contributed by atoms with Crippen molar-refractivity contribution < 1.29 is 9.32 Å². The van der Waals surface area contributed by atoms with Crippen molar-refractivity contribution >= 4 is 17.5 Å². The number of amides is 1. The highest BCUT2D eigenvalue weighted by Crippen LogP contribution is 2.17. The van der Waals surface area contributed by atoms with Crippen LogP contribution in [0.5, 0.6) is 0 Å². The molecule has 8 nitrogen and oxygen atoms in total. The molecule has 0 atom stereocenters. The highest BCUT2D eigenvalue weighted by molar-refractivity contribution is 6.03. The summed E-state index contributed by atoms with van der Waals surface area (Å²) in [5, 5.41) is 14.2. The van der Waals surface area contributed by atoms with Crippen LogP contribution >= 0.6 is 0 Å². The van der Waals surface area contributed by atoms with Crippen LogP contribution < -0.4 is 15.5 Å². The van der Waals surface area contributed by atoms with Crippen molar-refractivity contribution in [1.29, 1.82) is 0 Å². The molecule has 1 saturated heterocycles. The van der Waals surface area contributed by atoms with Gasteiger partial charge in [0.25, 0.3) is 5.91 Å². The SMILES string of the molecule is O=C(Nc1cnn(Cc2ccccc2)c1)c1cc(N2CCNCC2)on1. The Hall–Kier alpha value is -3.13. The molecule has 0 saturated carbocycles. The largest absolute Gasteiger partial charge is 0.338 e. The van der Waals surface area contributed by atoms with Crippen LogP contribution in [0.15, 0.2) is 53.3 Å². The minimum atomic E-state index is -0.311. The van der Waals surface area contributed by atoms with Crippen LogP contribution in [0.3, 0.4) is 0 Å². The fourth-order valence-electron chi connectivity index (χ4n) is 2.89. The molecule has 0 bridgehead atoms. The lowest BCUT2D eigenvalue weighted by atomic mass is 10.2. The average molecular weight is 352 g/mol. The Kier molecular flexibility index (Phi) is 4.65. The van der Waals surface area contributed by atoms with Crippen molar-refractivity contribution in [3.8, 4) is 0 Å². The van der Waals surface area contributed by atoms with Gasteiger partial charge in [0.15, 0.2) is 5.69 Å². The first-order chi connectivity index (χ1) is 12.8. The number of nitrogens with one attached hydrogen (secondary N) is 2. The van der Waals surface area contributed by atoms with Crippen molar-refractivity contribution in [3.63, 3.8) is 0 Å². The van der Waals surface area contributed by atoms with Crippen molar-refractivity contribution in [1.82, 2.24) is 20.3 Å². The minimum absolute atomic E-state index is 0.259. The third-order valence-electron chi connectivity index (χ3n) is 4.24. The van der Waals surface area contributed by atoms with E-state index in [-0.39, 0.29) is 11.6 Å². The summed E-state index contributed by atoms with van der Waals surface area (Å²) in [5.41, 5.74) is 2.03. The molecule has 3 heterocycles. The lowest BCUT2D eigenvalue weighted by molar-refractivity contribution is 0.101. The number of piperazine rings is 1. The molecule has 134 valence electrons. The predicted molar refractivity (Wildman–Crippen MR) is 97.3 cm³/mol. The molecule has 8 heteroatoms. The van der Waals surface area contributed by atoms with Gasteiger partial charge in [-0.1, -0.05) is 35.5 Å². The van der Waals surface area contributed by atoms with Gasteiger partial charge in [-0.15, -0.1) is 0 Å². The van der Waals surface area contributed by atoms with Crippen molar-refractivity contribution in [2.45, 2.75) is 6.54 Å². The fourth-order valence-corrected chi connectivity index (χ4v) is 2.89. The highest BCUT2D eigenvalue weighted by Gasteiger charge is 2.19. The zero-order valence-electron chi connectivity index (χ0n) is 14.3. The first-order valence-electron chi connectivity index (χ1n) is 8.58.